The van der Waals surface area contributed by atoms with Gasteiger partial charge in [0.1, 0.15) is 11.6 Å². The van der Waals surface area contributed by atoms with Crippen LogP contribution in [0.15, 0.2) is 66.3 Å². The van der Waals surface area contributed by atoms with Crippen molar-refractivity contribution in [3.05, 3.63) is 72.7 Å². The number of piperidine rings is 1. The van der Waals surface area contributed by atoms with Crippen molar-refractivity contribution in [2.24, 2.45) is 10.9 Å². The van der Waals surface area contributed by atoms with Crippen molar-refractivity contribution in [2.75, 3.05) is 20.1 Å². The SMILES string of the molecule is CN=C(NCc1ccnc(Oc2ccc(F)cc2)c1)N1CCC(C)C(n2ccnc2)C1.I. The summed E-state index contributed by atoms with van der Waals surface area (Å²) in [5, 5.41) is 3.45. The topological polar surface area (TPSA) is 67.6 Å². The van der Waals surface area contributed by atoms with Crippen LogP contribution in [0, 0.1) is 11.7 Å². The molecule has 1 fully saturated rings. The van der Waals surface area contributed by atoms with Crippen LogP contribution in [0.2, 0.25) is 0 Å². The summed E-state index contributed by atoms with van der Waals surface area (Å²) in [7, 11) is 1.81. The summed E-state index contributed by atoms with van der Waals surface area (Å²) in [6.45, 7) is 4.72. The van der Waals surface area contributed by atoms with Crippen molar-refractivity contribution in [3.63, 3.8) is 0 Å². The van der Waals surface area contributed by atoms with Crippen LogP contribution in [-0.4, -0.2) is 45.5 Å². The predicted molar refractivity (Wildman–Crippen MR) is 133 cm³/mol. The normalized spacial score (nSPS) is 18.7. The summed E-state index contributed by atoms with van der Waals surface area (Å²) in [5.41, 5.74) is 1.02. The van der Waals surface area contributed by atoms with Gasteiger partial charge < -0.3 is 19.5 Å². The number of nitrogens with zero attached hydrogens (tertiary/aromatic N) is 5. The van der Waals surface area contributed by atoms with Crippen molar-refractivity contribution >= 4 is 29.9 Å². The number of likely N-dealkylation sites (tertiary alicyclic amines) is 1. The lowest BCUT2D eigenvalue weighted by Crippen LogP contribution is -2.48. The molecule has 3 heterocycles. The second-order valence-electron chi connectivity index (χ2n) is 7.75. The van der Waals surface area contributed by atoms with Gasteiger partial charge in [-0.25, -0.2) is 14.4 Å². The molecule has 7 nitrogen and oxygen atoms in total. The highest BCUT2D eigenvalue weighted by atomic mass is 127. The molecule has 2 aromatic heterocycles. The van der Waals surface area contributed by atoms with E-state index in [1.165, 1.54) is 12.1 Å². The number of ether oxygens (including phenoxy) is 1. The molecule has 0 saturated carbocycles. The molecule has 1 aromatic carbocycles. The number of rotatable bonds is 5. The Kier molecular flexibility index (Phi) is 8.43. The maximum Gasteiger partial charge on any atom is 0.219 e. The molecule has 0 amide bonds. The summed E-state index contributed by atoms with van der Waals surface area (Å²) in [6.07, 6.45) is 8.54. The maximum atomic E-state index is 13.1. The van der Waals surface area contributed by atoms with Gasteiger partial charge in [0.15, 0.2) is 5.96 Å². The number of halogens is 2. The van der Waals surface area contributed by atoms with Gasteiger partial charge in [0.25, 0.3) is 0 Å². The molecule has 1 saturated heterocycles. The molecule has 2 unspecified atom stereocenters. The van der Waals surface area contributed by atoms with Crippen LogP contribution in [0.4, 0.5) is 4.39 Å². The monoisotopic (exact) mass is 550 g/mol. The Morgan fingerprint density at radius 2 is 2.06 bits per heavy atom. The molecular weight excluding hydrogens is 522 g/mol. The summed E-state index contributed by atoms with van der Waals surface area (Å²) >= 11 is 0. The second-order valence-corrected chi connectivity index (χ2v) is 7.75. The number of aliphatic imine (C=N–C) groups is 1. The van der Waals surface area contributed by atoms with E-state index in [9.17, 15) is 4.39 Å². The van der Waals surface area contributed by atoms with Crippen LogP contribution in [-0.2, 0) is 6.54 Å². The summed E-state index contributed by atoms with van der Waals surface area (Å²) in [5.74, 6) is 2.16. The molecule has 0 radical (unpaired) electrons. The minimum atomic E-state index is -0.299. The third kappa shape index (κ3) is 5.96. The van der Waals surface area contributed by atoms with E-state index in [4.69, 9.17) is 4.74 Å². The Labute approximate surface area is 204 Å². The number of benzene rings is 1. The zero-order valence-electron chi connectivity index (χ0n) is 18.2. The molecule has 9 heteroatoms. The first kappa shape index (κ1) is 24.0. The largest absolute Gasteiger partial charge is 0.439 e. The van der Waals surface area contributed by atoms with Gasteiger partial charge in [0.05, 0.1) is 12.4 Å². The Balaban J connectivity index is 0.00000289. The quantitative estimate of drug-likeness (QED) is 0.288. The standard InChI is InChI=1S/C23H27FN6O.HI/c1-17-8-11-29(15-21(17)30-12-10-26-16-30)23(25-2)28-14-18-7-9-27-22(13-18)31-20-5-3-19(24)4-6-20;/h3-7,9-10,12-13,16-17,21H,8,11,14-15H2,1-2H3,(H,25,28);1H. The highest BCUT2D eigenvalue weighted by Crippen LogP contribution is 2.27. The third-order valence-corrected chi connectivity index (χ3v) is 5.62. The van der Waals surface area contributed by atoms with Crippen LogP contribution in [0.25, 0.3) is 0 Å². The van der Waals surface area contributed by atoms with Gasteiger partial charge in [-0.3, -0.25) is 4.99 Å². The lowest BCUT2D eigenvalue weighted by molar-refractivity contribution is 0.189. The van der Waals surface area contributed by atoms with Crippen LogP contribution in [0.1, 0.15) is 24.9 Å². The van der Waals surface area contributed by atoms with Gasteiger partial charge in [-0.15, -0.1) is 24.0 Å². The summed E-state index contributed by atoms with van der Waals surface area (Å²) in [6, 6.07) is 10.1. The van der Waals surface area contributed by atoms with E-state index in [0.717, 1.165) is 31.0 Å². The zero-order valence-corrected chi connectivity index (χ0v) is 20.5. The molecule has 0 aliphatic carbocycles. The Morgan fingerprint density at radius 1 is 1.25 bits per heavy atom. The van der Waals surface area contributed by atoms with E-state index in [-0.39, 0.29) is 29.8 Å². The first-order chi connectivity index (χ1) is 15.1. The molecule has 1 aliphatic heterocycles. The number of guanidine groups is 1. The fourth-order valence-electron chi connectivity index (χ4n) is 3.85. The minimum absolute atomic E-state index is 0. The van der Waals surface area contributed by atoms with Gasteiger partial charge in [-0.2, -0.15) is 0 Å². The Morgan fingerprint density at radius 3 is 2.78 bits per heavy atom. The van der Waals surface area contributed by atoms with E-state index in [1.807, 2.05) is 37.9 Å². The average Bonchev–Trinajstić information content (AvgIpc) is 3.32. The number of hydrogen-bond acceptors (Lipinski definition) is 4. The van der Waals surface area contributed by atoms with E-state index < -0.39 is 0 Å². The minimum Gasteiger partial charge on any atom is -0.439 e. The first-order valence-electron chi connectivity index (χ1n) is 10.4. The average molecular weight is 550 g/mol. The van der Waals surface area contributed by atoms with Gasteiger partial charge in [0, 0.05) is 51.3 Å². The Bertz CT molecular complexity index is 1010. The van der Waals surface area contributed by atoms with Gasteiger partial charge >= 0.3 is 0 Å². The summed E-state index contributed by atoms with van der Waals surface area (Å²) in [4.78, 5) is 15.2. The van der Waals surface area contributed by atoms with Crippen LogP contribution in [0.5, 0.6) is 11.6 Å². The zero-order chi connectivity index (χ0) is 21.6. The second kappa shape index (κ2) is 11.3. The van der Waals surface area contributed by atoms with Gasteiger partial charge in [-0.1, -0.05) is 6.92 Å². The van der Waals surface area contributed by atoms with Crippen LogP contribution >= 0.6 is 24.0 Å². The van der Waals surface area contributed by atoms with Crippen molar-refractivity contribution in [1.82, 2.24) is 24.8 Å². The molecule has 3 aromatic rings. The molecule has 4 rings (SSSR count). The van der Waals surface area contributed by atoms with Crippen molar-refractivity contribution in [1.29, 1.82) is 0 Å². The van der Waals surface area contributed by atoms with E-state index in [2.05, 4.69) is 36.7 Å². The van der Waals surface area contributed by atoms with E-state index in [0.29, 0.717) is 30.1 Å². The van der Waals surface area contributed by atoms with E-state index in [1.54, 1.807) is 18.3 Å². The van der Waals surface area contributed by atoms with Gasteiger partial charge in [0.2, 0.25) is 5.88 Å². The van der Waals surface area contributed by atoms with Crippen LogP contribution < -0.4 is 10.1 Å². The van der Waals surface area contributed by atoms with E-state index >= 15 is 0 Å². The maximum absolute atomic E-state index is 13.1. The molecule has 1 N–H and O–H groups in total. The highest BCUT2D eigenvalue weighted by molar-refractivity contribution is 14.0. The highest BCUT2D eigenvalue weighted by Gasteiger charge is 2.28. The van der Waals surface area contributed by atoms with Crippen molar-refractivity contribution in [2.45, 2.75) is 25.9 Å². The first-order valence-corrected chi connectivity index (χ1v) is 10.4. The molecule has 1 aliphatic rings. The molecule has 170 valence electrons. The number of aromatic nitrogens is 3. The van der Waals surface area contributed by atoms with Crippen molar-refractivity contribution < 1.29 is 9.13 Å². The lowest BCUT2D eigenvalue weighted by Gasteiger charge is -2.39. The van der Waals surface area contributed by atoms with Gasteiger partial charge in [-0.05, 0) is 48.2 Å². The number of imidazole rings is 1. The summed E-state index contributed by atoms with van der Waals surface area (Å²) < 4.78 is 21.0. The molecule has 32 heavy (non-hydrogen) atoms. The van der Waals surface area contributed by atoms with Crippen LogP contribution in [0.3, 0.4) is 0 Å². The molecule has 0 spiro atoms. The third-order valence-electron chi connectivity index (χ3n) is 5.62. The number of hydrogen-bond donors (Lipinski definition) is 1. The Hall–Kier alpha value is -2.69. The smallest absolute Gasteiger partial charge is 0.219 e. The lowest BCUT2D eigenvalue weighted by atomic mass is 9.93. The predicted octanol–water partition coefficient (Wildman–Crippen LogP) is 4.49. The fourth-order valence-corrected chi connectivity index (χ4v) is 3.85. The van der Waals surface area contributed by atoms with Crippen molar-refractivity contribution in [3.8, 4) is 11.6 Å². The molecule has 2 atom stereocenters. The number of pyridine rings is 1. The fraction of sp³-hybridized carbons (Fsp3) is 0.348. The molecule has 0 bridgehead atoms. The number of nitrogens with one attached hydrogen (secondary N) is 1. The molecular formula is C23H28FIN6O.